The molecule has 0 bridgehead atoms. The minimum atomic E-state index is -1.54. The second kappa shape index (κ2) is 5.78. The molecule has 0 amide bonds. The minimum absolute atomic E-state index is 0.965. The SMILES string of the molecule is [Cl][Ru]([Cl])=[CH]CCC1=CC=CC=[C+]1. The van der Waals surface area contributed by atoms with Gasteiger partial charge in [0, 0.05) is 0 Å². The zero-order valence-electron chi connectivity index (χ0n) is 6.41. The molecule has 0 heterocycles. The summed E-state index contributed by atoms with van der Waals surface area (Å²) in [5.74, 6) is 0. The summed E-state index contributed by atoms with van der Waals surface area (Å²) < 4.78 is 2.02. The molecule has 0 nitrogen and oxygen atoms in total. The van der Waals surface area contributed by atoms with Crippen LogP contribution in [0.15, 0.2) is 29.9 Å². The predicted octanol–water partition coefficient (Wildman–Crippen LogP) is 3.35. The first-order chi connectivity index (χ1) is 5.79. The number of hydrogen-bond acceptors (Lipinski definition) is 0. The molecule has 0 aromatic carbocycles. The molecule has 0 N–H and O–H groups in total. The van der Waals surface area contributed by atoms with Crippen molar-refractivity contribution in [1.29, 1.82) is 0 Å². The van der Waals surface area contributed by atoms with Crippen LogP contribution in [0.25, 0.3) is 0 Å². The molecule has 0 saturated carbocycles. The van der Waals surface area contributed by atoms with E-state index in [0.29, 0.717) is 0 Å². The summed E-state index contributed by atoms with van der Waals surface area (Å²) in [5, 5.41) is 0. The second-order valence-corrected chi connectivity index (χ2v) is 8.21. The Morgan fingerprint density at radius 1 is 1.42 bits per heavy atom. The van der Waals surface area contributed by atoms with Gasteiger partial charge in [-0.2, -0.15) is 0 Å². The van der Waals surface area contributed by atoms with Gasteiger partial charge >= 0.3 is 86.3 Å². The molecule has 66 valence electrons. The van der Waals surface area contributed by atoms with E-state index < -0.39 is 13.5 Å². The van der Waals surface area contributed by atoms with Gasteiger partial charge in [-0.3, -0.25) is 0 Å². The molecular formula is C9H9Cl2Ru+. The fourth-order valence-electron chi connectivity index (χ4n) is 0.870. The van der Waals surface area contributed by atoms with Crippen molar-refractivity contribution in [3.8, 4) is 0 Å². The Balaban J connectivity index is 2.33. The number of hydrogen-bond donors (Lipinski definition) is 0. The third-order valence-electron chi connectivity index (χ3n) is 1.40. The molecule has 1 aliphatic rings. The standard InChI is InChI=1S/C9H9.2ClH.Ru/c1-2-6-9-7-4-3-5-8-9;;;/h1,3-5,7H,2,6H2;2*1H;/q+1;;;+2/p-2. The van der Waals surface area contributed by atoms with Gasteiger partial charge in [-0.05, 0) is 0 Å². The quantitative estimate of drug-likeness (QED) is 0.552. The van der Waals surface area contributed by atoms with E-state index in [9.17, 15) is 0 Å². The van der Waals surface area contributed by atoms with Crippen molar-refractivity contribution in [2.24, 2.45) is 0 Å². The average molecular weight is 289 g/mol. The van der Waals surface area contributed by atoms with Crippen molar-refractivity contribution in [3.05, 3.63) is 36.0 Å². The van der Waals surface area contributed by atoms with Crippen LogP contribution in [0.5, 0.6) is 0 Å². The summed E-state index contributed by atoms with van der Waals surface area (Å²) >= 11 is -1.54. The Kier molecular flexibility index (Phi) is 4.96. The molecule has 0 radical (unpaired) electrons. The number of allylic oxidation sites excluding steroid dienone is 6. The average Bonchev–Trinajstić information content (AvgIpc) is 2.05. The van der Waals surface area contributed by atoms with E-state index >= 15 is 0 Å². The van der Waals surface area contributed by atoms with Crippen molar-refractivity contribution < 1.29 is 13.5 Å². The Morgan fingerprint density at radius 2 is 2.25 bits per heavy atom. The van der Waals surface area contributed by atoms with E-state index in [-0.39, 0.29) is 0 Å². The summed E-state index contributed by atoms with van der Waals surface area (Å²) in [7, 11) is 11.4. The van der Waals surface area contributed by atoms with Crippen LogP contribution in [0.3, 0.4) is 0 Å². The molecule has 0 unspecified atom stereocenters. The van der Waals surface area contributed by atoms with Crippen LogP contribution in [0.1, 0.15) is 12.8 Å². The van der Waals surface area contributed by atoms with Crippen LogP contribution >= 0.6 is 19.4 Å². The second-order valence-electron chi connectivity index (χ2n) is 2.28. The van der Waals surface area contributed by atoms with Gasteiger partial charge in [0.2, 0.25) is 0 Å². The summed E-state index contributed by atoms with van der Waals surface area (Å²) in [6.45, 7) is 0. The Hall–Kier alpha value is 0.203. The van der Waals surface area contributed by atoms with Crippen LogP contribution < -0.4 is 0 Å². The zero-order valence-corrected chi connectivity index (χ0v) is 9.66. The van der Waals surface area contributed by atoms with E-state index in [1.165, 1.54) is 5.57 Å². The summed E-state index contributed by atoms with van der Waals surface area (Å²) in [6, 6.07) is 0. The van der Waals surface area contributed by atoms with Gasteiger partial charge in [0.1, 0.15) is 0 Å². The van der Waals surface area contributed by atoms with Crippen molar-refractivity contribution in [3.63, 3.8) is 0 Å². The zero-order chi connectivity index (χ0) is 8.81. The molecule has 0 spiro atoms. The first-order valence-corrected chi connectivity index (χ1v) is 9.04. The Morgan fingerprint density at radius 3 is 2.83 bits per heavy atom. The predicted molar refractivity (Wildman–Crippen MR) is 52.0 cm³/mol. The van der Waals surface area contributed by atoms with Crippen LogP contribution in [-0.4, -0.2) is 4.61 Å². The molecule has 0 aliphatic heterocycles. The fraction of sp³-hybridized carbons (Fsp3) is 0.222. The Labute approximate surface area is 86.1 Å². The fourth-order valence-corrected chi connectivity index (χ4v) is 2.41. The molecule has 0 atom stereocenters. The number of rotatable bonds is 3. The molecule has 0 fully saturated rings. The monoisotopic (exact) mass is 289 g/mol. The van der Waals surface area contributed by atoms with Crippen LogP contribution in [-0.2, 0) is 13.5 Å². The molecule has 3 heteroatoms. The van der Waals surface area contributed by atoms with Crippen molar-refractivity contribution in [1.82, 2.24) is 0 Å². The van der Waals surface area contributed by atoms with E-state index in [2.05, 4.69) is 12.2 Å². The van der Waals surface area contributed by atoms with E-state index in [1.807, 2.05) is 22.8 Å². The summed E-state index contributed by atoms with van der Waals surface area (Å²) in [6.07, 6.45) is 13.1. The first kappa shape index (κ1) is 10.3. The maximum atomic E-state index is 5.69. The van der Waals surface area contributed by atoms with Gasteiger partial charge in [-0.1, -0.05) is 0 Å². The summed E-state index contributed by atoms with van der Waals surface area (Å²) in [4.78, 5) is 0. The maximum absolute atomic E-state index is 5.69. The topological polar surface area (TPSA) is 0 Å². The van der Waals surface area contributed by atoms with Gasteiger partial charge in [0.05, 0.1) is 0 Å². The van der Waals surface area contributed by atoms with E-state index in [4.69, 9.17) is 19.4 Å². The van der Waals surface area contributed by atoms with Crippen LogP contribution in [0, 0.1) is 6.08 Å². The van der Waals surface area contributed by atoms with Gasteiger partial charge in [0.25, 0.3) is 0 Å². The third kappa shape index (κ3) is 4.28. The van der Waals surface area contributed by atoms with Crippen molar-refractivity contribution in [2.45, 2.75) is 12.8 Å². The van der Waals surface area contributed by atoms with Crippen LogP contribution in [0.4, 0.5) is 0 Å². The van der Waals surface area contributed by atoms with Crippen molar-refractivity contribution >= 4 is 24.0 Å². The third-order valence-corrected chi connectivity index (χ3v) is 3.73. The van der Waals surface area contributed by atoms with E-state index in [1.54, 1.807) is 0 Å². The molecule has 12 heavy (non-hydrogen) atoms. The first-order valence-electron chi connectivity index (χ1n) is 3.56. The normalized spacial score (nSPS) is 15.2. The Bertz CT molecular complexity index is 258. The molecule has 1 aliphatic carbocycles. The molecule has 0 aromatic heterocycles. The molecule has 1 rings (SSSR count). The molecule has 0 saturated heterocycles. The van der Waals surface area contributed by atoms with Gasteiger partial charge < -0.3 is 0 Å². The van der Waals surface area contributed by atoms with Gasteiger partial charge in [-0.15, -0.1) is 0 Å². The molecule has 0 aromatic rings. The van der Waals surface area contributed by atoms with Gasteiger partial charge in [-0.25, -0.2) is 0 Å². The summed E-state index contributed by atoms with van der Waals surface area (Å²) in [5.41, 5.74) is 1.22. The van der Waals surface area contributed by atoms with E-state index in [0.717, 1.165) is 12.8 Å². The molecular weight excluding hydrogens is 280 g/mol. The number of halogens is 2. The van der Waals surface area contributed by atoms with Crippen LogP contribution in [0.2, 0.25) is 0 Å². The van der Waals surface area contributed by atoms with Gasteiger partial charge in [0.15, 0.2) is 0 Å². The van der Waals surface area contributed by atoms with Crippen molar-refractivity contribution in [2.75, 3.05) is 0 Å².